The van der Waals surface area contributed by atoms with E-state index in [1.165, 1.54) is 30.8 Å². The quantitative estimate of drug-likeness (QED) is 0.696. The van der Waals surface area contributed by atoms with Crippen molar-refractivity contribution in [1.82, 2.24) is 15.3 Å². The number of nitrogens with one attached hydrogen (secondary N) is 2. The van der Waals surface area contributed by atoms with Crippen molar-refractivity contribution >= 4 is 0 Å². The van der Waals surface area contributed by atoms with Gasteiger partial charge >= 0.3 is 0 Å². The Morgan fingerprint density at radius 3 is 3.13 bits per heavy atom. The van der Waals surface area contributed by atoms with E-state index in [0.29, 0.717) is 5.92 Å². The third kappa shape index (κ3) is 2.79. The minimum absolute atomic E-state index is 0.692. The van der Waals surface area contributed by atoms with Gasteiger partial charge in [-0.1, -0.05) is 6.42 Å². The molecule has 0 aliphatic heterocycles. The number of hydrogen-bond donors (Lipinski definition) is 2. The standard InChI is InChI=1S/C11H19N3O/c1-15-6-5-12-7-10-8-13-11(14-10)9-3-2-4-9/h8-9,12H,2-7H2,1H3,(H,13,14). The summed E-state index contributed by atoms with van der Waals surface area (Å²) in [5.74, 6) is 1.86. The summed E-state index contributed by atoms with van der Waals surface area (Å²) >= 11 is 0. The highest BCUT2D eigenvalue weighted by atomic mass is 16.5. The predicted octanol–water partition coefficient (Wildman–Crippen LogP) is 1.41. The van der Waals surface area contributed by atoms with E-state index in [4.69, 9.17) is 4.74 Å². The Morgan fingerprint density at radius 2 is 2.47 bits per heavy atom. The van der Waals surface area contributed by atoms with Gasteiger partial charge in [-0.3, -0.25) is 0 Å². The first kappa shape index (κ1) is 10.6. The normalized spacial score (nSPS) is 16.6. The molecule has 2 rings (SSSR count). The van der Waals surface area contributed by atoms with Crippen LogP contribution in [0, 0.1) is 0 Å². The third-order valence-electron chi connectivity index (χ3n) is 2.94. The molecule has 0 unspecified atom stereocenters. The zero-order valence-corrected chi connectivity index (χ0v) is 9.25. The van der Waals surface area contributed by atoms with Gasteiger partial charge in [-0.2, -0.15) is 0 Å². The number of aromatic amines is 1. The molecule has 0 saturated heterocycles. The van der Waals surface area contributed by atoms with Crippen molar-refractivity contribution in [2.45, 2.75) is 31.7 Å². The van der Waals surface area contributed by atoms with Crippen LogP contribution in [-0.4, -0.2) is 30.2 Å². The maximum atomic E-state index is 4.96. The first-order chi connectivity index (χ1) is 7.40. The molecule has 2 N–H and O–H groups in total. The van der Waals surface area contributed by atoms with Crippen molar-refractivity contribution in [2.75, 3.05) is 20.3 Å². The molecular weight excluding hydrogens is 190 g/mol. The van der Waals surface area contributed by atoms with Crippen molar-refractivity contribution < 1.29 is 4.74 Å². The van der Waals surface area contributed by atoms with Crippen molar-refractivity contribution in [3.05, 3.63) is 17.7 Å². The van der Waals surface area contributed by atoms with Crippen LogP contribution >= 0.6 is 0 Å². The molecule has 1 aliphatic rings. The lowest BCUT2D eigenvalue weighted by atomic mass is 9.85. The van der Waals surface area contributed by atoms with Crippen molar-refractivity contribution in [1.29, 1.82) is 0 Å². The number of H-pyrrole nitrogens is 1. The van der Waals surface area contributed by atoms with Crippen LogP contribution in [0.25, 0.3) is 0 Å². The van der Waals surface area contributed by atoms with Gasteiger partial charge in [-0.25, -0.2) is 4.98 Å². The minimum atomic E-state index is 0.692. The second kappa shape index (κ2) is 5.28. The zero-order valence-electron chi connectivity index (χ0n) is 9.25. The Morgan fingerprint density at radius 1 is 1.60 bits per heavy atom. The maximum Gasteiger partial charge on any atom is 0.109 e. The number of nitrogens with zero attached hydrogens (tertiary/aromatic N) is 1. The molecule has 0 radical (unpaired) electrons. The van der Waals surface area contributed by atoms with Crippen LogP contribution in [0.2, 0.25) is 0 Å². The molecule has 0 spiro atoms. The summed E-state index contributed by atoms with van der Waals surface area (Å²) in [6, 6.07) is 0. The monoisotopic (exact) mass is 209 g/mol. The molecule has 0 bridgehead atoms. The average Bonchev–Trinajstić information content (AvgIpc) is 2.58. The molecule has 1 heterocycles. The van der Waals surface area contributed by atoms with Crippen LogP contribution in [0.15, 0.2) is 6.20 Å². The number of ether oxygens (including phenoxy) is 1. The van der Waals surface area contributed by atoms with Gasteiger partial charge in [0.15, 0.2) is 0 Å². The fourth-order valence-corrected chi connectivity index (χ4v) is 1.75. The summed E-state index contributed by atoms with van der Waals surface area (Å²) in [4.78, 5) is 7.79. The molecule has 0 aromatic carbocycles. The van der Waals surface area contributed by atoms with Gasteiger partial charge in [-0.05, 0) is 12.8 Å². The predicted molar refractivity (Wildman–Crippen MR) is 58.8 cm³/mol. The van der Waals surface area contributed by atoms with E-state index in [-0.39, 0.29) is 0 Å². The Kier molecular flexibility index (Phi) is 3.75. The fraction of sp³-hybridized carbons (Fsp3) is 0.727. The van der Waals surface area contributed by atoms with Crippen molar-refractivity contribution in [3.63, 3.8) is 0 Å². The topological polar surface area (TPSA) is 49.9 Å². The number of hydrogen-bond acceptors (Lipinski definition) is 3. The molecule has 4 heteroatoms. The molecule has 1 fully saturated rings. The number of imidazole rings is 1. The molecule has 1 aromatic heterocycles. The largest absolute Gasteiger partial charge is 0.383 e. The Hall–Kier alpha value is -0.870. The average molecular weight is 209 g/mol. The van der Waals surface area contributed by atoms with Crippen LogP contribution < -0.4 is 5.32 Å². The van der Waals surface area contributed by atoms with Crippen LogP contribution in [-0.2, 0) is 11.3 Å². The second-order valence-corrected chi connectivity index (χ2v) is 4.09. The summed E-state index contributed by atoms with van der Waals surface area (Å²) in [5.41, 5.74) is 1.17. The lowest BCUT2D eigenvalue weighted by Crippen LogP contribution is -2.18. The smallest absolute Gasteiger partial charge is 0.109 e. The van der Waals surface area contributed by atoms with Crippen LogP contribution in [0.1, 0.15) is 36.7 Å². The Balaban J connectivity index is 1.74. The van der Waals surface area contributed by atoms with Crippen molar-refractivity contribution in [2.24, 2.45) is 0 Å². The summed E-state index contributed by atoms with van der Waals surface area (Å²) in [6.07, 6.45) is 5.88. The summed E-state index contributed by atoms with van der Waals surface area (Å²) in [6.45, 7) is 2.49. The van der Waals surface area contributed by atoms with E-state index in [2.05, 4.69) is 15.3 Å². The van der Waals surface area contributed by atoms with Crippen molar-refractivity contribution in [3.8, 4) is 0 Å². The van der Waals surface area contributed by atoms with Gasteiger partial charge in [0.2, 0.25) is 0 Å². The lowest BCUT2D eigenvalue weighted by Gasteiger charge is -2.22. The van der Waals surface area contributed by atoms with E-state index in [0.717, 1.165) is 19.7 Å². The van der Waals surface area contributed by atoms with Gasteiger partial charge in [0, 0.05) is 38.0 Å². The number of methoxy groups -OCH3 is 1. The van der Waals surface area contributed by atoms with E-state index < -0.39 is 0 Å². The van der Waals surface area contributed by atoms with E-state index in [1.807, 2.05) is 6.20 Å². The maximum absolute atomic E-state index is 4.96. The highest BCUT2D eigenvalue weighted by Gasteiger charge is 2.21. The fourth-order valence-electron chi connectivity index (χ4n) is 1.75. The summed E-state index contributed by atoms with van der Waals surface area (Å²) in [5, 5.41) is 3.29. The molecule has 0 atom stereocenters. The van der Waals surface area contributed by atoms with E-state index >= 15 is 0 Å². The Bertz CT molecular complexity index is 294. The summed E-state index contributed by atoms with van der Waals surface area (Å²) in [7, 11) is 1.71. The lowest BCUT2D eigenvalue weighted by molar-refractivity contribution is 0.199. The third-order valence-corrected chi connectivity index (χ3v) is 2.94. The first-order valence-corrected chi connectivity index (χ1v) is 5.63. The van der Waals surface area contributed by atoms with Gasteiger partial charge < -0.3 is 15.0 Å². The number of aromatic nitrogens is 2. The number of rotatable bonds is 6. The molecule has 4 nitrogen and oxygen atoms in total. The molecular formula is C11H19N3O. The molecule has 84 valence electrons. The molecule has 1 aromatic rings. The molecule has 0 amide bonds. The highest BCUT2D eigenvalue weighted by molar-refractivity contribution is 5.07. The van der Waals surface area contributed by atoms with Crippen LogP contribution in [0.3, 0.4) is 0 Å². The van der Waals surface area contributed by atoms with E-state index in [1.54, 1.807) is 7.11 Å². The second-order valence-electron chi connectivity index (χ2n) is 4.09. The highest BCUT2D eigenvalue weighted by Crippen LogP contribution is 2.34. The summed E-state index contributed by atoms with van der Waals surface area (Å²) < 4.78 is 4.96. The van der Waals surface area contributed by atoms with E-state index in [9.17, 15) is 0 Å². The van der Waals surface area contributed by atoms with Gasteiger partial charge in [-0.15, -0.1) is 0 Å². The molecule has 15 heavy (non-hydrogen) atoms. The molecule has 1 saturated carbocycles. The minimum Gasteiger partial charge on any atom is -0.383 e. The van der Waals surface area contributed by atoms with Crippen LogP contribution in [0.5, 0.6) is 0 Å². The zero-order chi connectivity index (χ0) is 10.5. The van der Waals surface area contributed by atoms with Gasteiger partial charge in [0.1, 0.15) is 5.82 Å². The van der Waals surface area contributed by atoms with Gasteiger partial charge in [0.05, 0.1) is 6.61 Å². The van der Waals surface area contributed by atoms with Gasteiger partial charge in [0.25, 0.3) is 0 Å². The SMILES string of the molecule is COCCNCc1cnc(C2CCC2)[nH]1. The molecule has 1 aliphatic carbocycles. The van der Waals surface area contributed by atoms with Crippen LogP contribution in [0.4, 0.5) is 0 Å². The Labute approximate surface area is 90.4 Å². The first-order valence-electron chi connectivity index (χ1n) is 5.63.